The predicted octanol–water partition coefficient (Wildman–Crippen LogP) is 4.60. The number of hydrogen-bond acceptors (Lipinski definition) is 1. The largest absolute Gasteiger partial charge is 0.416 e. The number of aryl methyl sites for hydroxylation is 2. The highest BCUT2D eigenvalue weighted by molar-refractivity contribution is 5.35. The van der Waals surface area contributed by atoms with E-state index >= 15 is 0 Å². The molecule has 2 aromatic carbocycles. The second kappa shape index (κ2) is 5.90. The fraction of sp³-hybridized carbons (Fsp3) is 0.294. The summed E-state index contributed by atoms with van der Waals surface area (Å²) in [5.41, 5.74) is 2.34. The van der Waals surface area contributed by atoms with Crippen LogP contribution in [0.25, 0.3) is 0 Å². The van der Waals surface area contributed by atoms with Gasteiger partial charge in [0.25, 0.3) is 0 Å². The van der Waals surface area contributed by atoms with Crippen molar-refractivity contribution in [3.63, 3.8) is 0 Å². The Kier molecular flexibility index (Phi) is 4.37. The summed E-state index contributed by atoms with van der Waals surface area (Å²) >= 11 is 0. The van der Waals surface area contributed by atoms with E-state index in [9.17, 15) is 18.3 Å². The molecule has 1 atom stereocenters. The monoisotopic (exact) mass is 294 g/mol. The van der Waals surface area contributed by atoms with Crippen molar-refractivity contribution in [3.05, 3.63) is 70.3 Å². The van der Waals surface area contributed by atoms with Crippen molar-refractivity contribution in [2.24, 2.45) is 0 Å². The average molecular weight is 294 g/mol. The van der Waals surface area contributed by atoms with Crippen LogP contribution < -0.4 is 0 Å². The van der Waals surface area contributed by atoms with Crippen molar-refractivity contribution in [3.8, 4) is 0 Å². The number of alkyl halides is 3. The maximum Gasteiger partial charge on any atom is 0.416 e. The molecule has 0 aliphatic rings. The van der Waals surface area contributed by atoms with Gasteiger partial charge in [-0.2, -0.15) is 13.2 Å². The zero-order chi connectivity index (χ0) is 15.6. The molecule has 1 N–H and O–H groups in total. The van der Waals surface area contributed by atoms with Crippen LogP contribution >= 0.6 is 0 Å². The van der Waals surface area contributed by atoms with Gasteiger partial charge in [-0.25, -0.2) is 0 Å². The van der Waals surface area contributed by atoms with Crippen molar-refractivity contribution < 1.29 is 18.3 Å². The molecule has 0 fully saturated rings. The molecule has 0 aliphatic heterocycles. The van der Waals surface area contributed by atoms with Crippen LogP contribution in [0.15, 0.2) is 42.5 Å². The number of hydrogen-bond donors (Lipinski definition) is 1. The van der Waals surface area contributed by atoms with Crippen LogP contribution in [-0.2, 0) is 12.6 Å². The van der Waals surface area contributed by atoms with Crippen LogP contribution in [0, 0.1) is 13.8 Å². The lowest BCUT2D eigenvalue weighted by atomic mass is 9.95. The van der Waals surface area contributed by atoms with Crippen molar-refractivity contribution in [2.75, 3.05) is 0 Å². The fourth-order valence-corrected chi connectivity index (χ4v) is 2.40. The second-order valence-electron chi connectivity index (χ2n) is 5.28. The topological polar surface area (TPSA) is 20.2 Å². The molecule has 0 bridgehead atoms. The third-order valence-electron chi connectivity index (χ3n) is 3.47. The molecular formula is C17H17F3O. The van der Waals surface area contributed by atoms with Crippen molar-refractivity contribution >= 4 is 0 Å². The second-order valence-corrected chi connectivity index (χ2v) is 5.28. The van der Waals surface area contributed by atoms with Crippen molar-refractivity contribution in [1.29, 1.82) is 0 Å². The molecule has 0 saturated carbocycles. The Bertz CT molecular complexity index is 632. The summed E-state index contributed by atoms with van der Waals surface area (Å²) < 4.78 is 37.9. The molecule has 0 spiro atoms. The first-order valence-corrected chi connectivity index (χ1v) is 6.69. The molecule has 21 heavy (non-hydrogen) atoms. The number of rotatable bonds is 3. The SMILES string of the molecule is Cc1cccc(CC(O)c2ccc(C(F)(F)F)cc2C)c1. The highest BCUT2D eigenvalue weighted by Gasteiger charge is 2.30. The Morgan fingerprint density at radius 3 is 2.33 bits per heavy atom. The molecular weight excluding hydrogens is 277 g/mol. The first-order valence-electron chi connectivity index (χ1n) is 6.69. The maximum atomic E-state index is 12.6. The van der Waals surface area contributed by atoms with Gasteiger partial charge in [0.05, 0.1) is 11.7 Å². The smallest absolute Gasteiger partial charge is 0.388 e. The Morgan fingerprint density at radius 1 is 1.05 bits per heavy atom. The molecule has 1 nitrogen and oxygen atoms in total. The van der Waals surface area contributed by atoms with E-state index in [1.165, 1.54) is 6.07 Å². The predicted molar refractivity (Wildman–Crippen MR) is 76.0 cm³/mol. The average Bonchev–Trinajstić information content (AvgIpc) is 2.37. The lowest BCUT2D eigenvalue weighted by Crippen LogP contribution is -2.08. The van der Waals surface area contributed by atoms with Crippen molar-refractivity contribution in [2.45, 2.75) is 32.5 Å². The summed E-state index contributed by atoms with van der Waals surface area (Å²) in [6.07, 6.45) is -4.78. The van der Waals surface area contributed by atoms with Gasteiger partial charge in [0.15, 0.2) is 0 Å². The van der Waals surface area contributed by atoms with Crippen LogP contribution in [-0.4, -0.2) is 5.11 Å². The van der Waals surface area contributed by atoms with Crippen LogP contribution in [0.2, 0.25) is 0 Å². The number of aliphatic hydroxyl groups is 1. The van der Waals surface area contributed by atoms with Crippen LogP contribution in [0.3, 0.4) is 0 Å². The Hall–Kier alpha value is -1.81. The Morgan fingerprint density at radius 2 is 1.76 bits per heavy atom. The van der Waals surface area contributed by atoms with Gasteiger partial charge in [-0.3, -0.25) is 0 Å². The molecule has 0 aromatic heterocycles. The van der Waals surface area contributed by atoms with Crippen molar-refractivity contribution in [1.82, 2.24) is 0 Å². The molecule has 0 amide bonds. The number of aliphatic hydroxyl groups excluding tert-OH is 1. The molecule has 112 valence electrons. The molecule has 2 rings (SSSR count). The summed E-state index contributed by atoms with van der Waals surface area (Å²) in [7, 11) is 0. The van der Waals surface area contributed by atoms with E-state index in [0.717, 1.165) is 23.3 Å². The normalized spacial score (nSPS) is 13.2. The van der Waals surface area contributed by atoms with Gasteiger partial charge in [0.1, 0.15) is 0 Å². The van der Waals surface area contributed by atoms with Crippen LogP contribution in [0.1, 0.15) is 33.9 Å². The Labute approximate surface area is 122 Å². The molecule has 0 heterocycles. The highest BCUT2D eigenvalue weighted by Crippen LogP contribution is 2.32. The maximum absolute atomic E-state index is 12.6. The van der Waals surface area contributed by atoms with E-state index in [0.29, 0.717) is 17.5 Å². The highest BCUT2D eigenvalue weighted by atomic mass is 19.4. The number of benzene rings is 2. The first kappa shape index (κ1) is 15.6. The van der Waals surface area contributed by atoms with Crippen LogP contribution in [0.4, 0.5) is 13.2 Å². The van der Waals surface area contributed by atoms with Crippen LogP contribution in [0.5, 0.6) is 0 Å². The first-order chi connectivity index (χ1) is 9.77. The van der Waals surface area contributed by atoms with E-state index in [4.69, 9.17) is 0 Å². The molecule has 0 aliphatic carbocycles. The summed E-state index contributed by atoms with van der Waals surface area (Å²) in [5.74, 6) is 0. The minimum atomic E-state index is -4.36. The molecule has 1 unspecified atom stereocenters. The van der Waals surface area contributed by atoms with Gasteiger partial charge in [0, 0.05) is 6.42 Å². The van der Waals surface area contributed by atoms with E-state index in [2.05, 4.69) is 0 Å². The minimum Gasteiger partial charge on any atom is -0.388 e. The lowest BCUT2D eigenvalue weighted by Gasteiger charge is -2.16. The van der Waals surface area contributed by atoms with Gasteiger partial charge in [-0.05, 0) is 42.7 Å². The summed E-state index contributed by atoms with van der Waals surface area (Å²) in [5, 5.41) is 10.3. The van der Waals surface area contributed by atoms with E-state index in [1.807, 2.05) is 31.2 Å². The third kappa shape index (κ3) is 3.85. The molecule has 0 saturated heterocycles. The summed E-state index contributed by atoms with van der Waals surface area (Å²) in [4.78, 5) is 0. The molecule has 0 radical (unpaired) electrons. The Balaban J connectivity index is 2.22. The van der Waals surface area contributed by atoms with Gasteiger partial charge in [0.2, 0.25) is 0 Å². The molecule has 2 aromatic rings. The fourth-order valence-electron chi connectivity index (χ4n) is 2.40. The van der Waals surface area contributed by atoms with Gasteiger partial charge < -0.3 is 5.11 Å². The molecule has 4 heteroatoms. The quantitative estimate of drug-likeness (QED) is 0.877. The van der Waals surface area contributed by atoms with E-state index in [-0.39, 0.29) is 0 Å². The third-order valence-corrected chi connectivity index (χ3v) is 3.47. The standard InChI is InChI=1S/C17H17F3O/c1-11-4-3-5-13(8-11)10-16(21)15-7-6-14(9-12(15)2)17(18,19)20/h3-9,16,21H,10H2,1-2H3. The lowest BCUT2D eigenvalue weighted by molar-refractivity contribution is -0.137. The van der Waals surface area contributed by atoms with E-state index < -0.39 is 17.8 Å². The van der Waals surface area contributed by atoms with Gasteiger partial charge in [-0.15, -0.1) is 0 Å². The zero-order valence-electron chi connectivity index (χ0n) is 11.9. The van der Waals surface area contributed by atoms with E-state index in [1.54, 1.807) is 6.92 Å². The summed E-state index contributed by atoms with van der Waals surface area (Å²) in [6, 6.07) is 11.2. The van der Waals surface area contributed by atoms with Gasteiger partial charge >= 0.3 is 6.18 Å². The summed E-state index contributed by atoms with van der Waals surface area (Å²) in [6.45, 7) is 3.54. The van der Waals surface area contributed by atoms with Gasteiger partial charge in [-0.1, -0.05) is 35.9 Å². The minimum absolute atomic E-state index is 0.383. The zero-order valence-corrected chi connectivity index (χ0v) is 11.9. The number of halogens is 3.